The summed E-state index contributed by atoms with van der Waals surface area (Å²) < 4.78 is 38.3. The van der Waals surface area contributed by atoms with Crippen molar-refractivity contribution in [3.63, 3.8) is 0 Å². The van der Waals surface area contributed by atoms with Crippen molar-refractivity contribution in [1.29, 1.82) is 0 Å². The summed E-state index contributed by atoms with van der Waals surface area (Å²) >= 11 is 6.01. The van der Waals surface area contributed by atoms with Gasteiger partial charge in [0.2, 0.25) is 0 Å². The summed E-state index contributed by atoms with van der Waals surface area (Å²) in [6.45, 7) is 25.9. The van der Waals surface area contributed by atoms with Crippen LogP contribution in [0.4, 0.5) is 5.69 Å². The molecule has 0 spiro atoms. The van der Waals surface area contributed by atoms with E-state index in [1.54, 1.807) is 42.5 Å². The van der Waals surface area contributed by atoms with Gasteiger partial charge in [-0.15, -0.1) is 0 Å². The molecule has 6 rings (SSSR count). The second-order valence-electron chi connectivity index (χ2n) is 42.9. The molecule has 0 atom stereocenters. The number of benzene rings is 6. The van der Waals surface area contributed by atoms with Crippen LogP contribution in [0.2, 0.25) is 5.02 Å². The van der Waals surface area contributed by atoms with Crippen LogP contribution in [0.1, 0.15) is 572 Å². The first-order valence-electron chi connectivity index (χ1n) is 61.2. The number of hydrogen-bond acceptors (Lipinski definition) is 16. The molecule has 0 saturated heterocycles. The van der Waals surface area contributed by atoms with Gasteiger partial charge >= 0.3 is 5.97 Å². The van der Waals surface area contributed by atoms with Crippen molar-refractivity contribution in [2.75, 3.05) is 46.8 Å². The first-order chi connectivity index (χ1) is 72.6. The number of non-ortho nitro benzene ring substituents is 1. The van der Waals surface area contributed by atoms with Crippen LogP contribution in [0.3, 0.4) is 0 Å². The Balaban J connectivity index is 0.000000894. The maximum Gasteiger partial charge on any atom is 0.337 e. The Labute approximate surface area is 916 Å². The molecule has 6 aromatic carbocycles. The third kappa shape index (κ3) is 83.3. The number of rotatable bonds is 90. The zero-order chi connectivity index (χ0) is 109. The number of para-hydroxylation sites is 3. The van der Waals surface area contributed by atoms with Crippen molar-refractivity contribution >= 4 is 23.3 Å². The maximum absolute atomic E-state index is 11.4. The molecule has 0 aliphatic heterocycles. The van der Waals surface area contributed by atoms with Gasteiger partial charge in [-0.3, -0.25) is 10.1 Å². The van der Waals surface area contributed by atoms with Gasteiger partial charge in [0.1, 0.15) is 0 Å². The number of ether oxygens (including phenoxy) is 7. The molecule has 18 heteroatoms. The summed E-state index contributed by atoms with van der Waals surface area (Å²) in [4.78, 5) is 21.5. The number of nitro groups is 1. The normalized spacial score (nSPS) is 11.0. The number of esters is 1. The van der Waals surface area contributed by atoms with Gasteiger partial charge in [0.15, 0.2) is 69.0 Å². The summed E-state index contributed by atoms with van der Waals surface area (Å²) in [6, 6.07) is 32.1. The minimum Gasteiger partial charge on any atom is -0.504 e. The SMILES string of the molecule is CCCCCCCCCCCCCCCCOc1c(O)cccc1Cl.CCCCCCCCCCCCCCCCOc1ccccc1O.CCCCCCCCCCCCCCOc1ccc(C(=O)OC)cc1O.CCCCCCCCCCCCCCOc1ccc(C(C)(C)C)cc1O.CCCCCCCCCCCCCCOc1ccc(C)cc1O.CCCCCCCCCCCCCCOc1ccc([N+](=O)[O-])cc1O. The number of nitrogens with zero attached hydrogens (tertiary/aromatic N) is 1. The predicted molar refractivity (Wildman–Crippen MR) is 633 cm³/mol. The molecule has 149 heavy (non-hydrogen) atoms. The van der Waals surface area contributed by atoms with Crippen LogP contribution in [0.25, 0.3) is 0 Å². The molecule has 6 N–H and O–H groups in total. The van der Waals surface area contributed by atoms with Crippen molar-refractivity contribution < 1.29 is 73.5 Å². The van der Waals surface area contributed by atoms with Gasteiger partial charge in [-0.2, -0.15) is 0 Å². The van der Waals surface area contributed by atoms with Gasteiger partial charge in [0.05, 0.1) is 68.3 Å². The fraction of sp³-hybridized carbons (Fsp3) is 0.718. The van der Waals surface area contributed by atoms with Gasteiger partial charge in [-0.05, 0) is 135 Å². The molecular formula is C131H222ClNO16. The highest BCUT2D eigenvalue weighted by Gasteiger charge is 2.18. The molecule has 6 aromatic rings. The van der Waals surface area contributed by atoms with E-state index in [1.807, 2.05) is 49.4 Å². The molecule has 0 fully saturated rings. The van der Waals surface area contributed by atoms with E-state index >= 15 is 0 Å². The quantitative estimate of drug-likeness (QED) is 0.00899. The zero-order valence-electron chi connectivity index (χ0n) is 97.0. The Morgan fingerprint density at radius 1 is 0.268 bits per heavy atom. The Morgan fingerprint density at radius 2 is 0.503 bits per heavy atom. The number of nitro benzene ring substituents is 1. The molecule has 0 aromatic heterocycles. The van der Waals surface area contributed by atoms with Crippen molar-refractivity contribution in [2.24, 2.45) is 0 Å². The molecule has 0 heterocycles. The molecule has 0 saturated carbocycles. The highest BCUT2D eigenvalue weighted by Crippen LogP contribution is 2.37. The topological polar surface area (TPSA) is 246 Å². The van der Waals surface area contributed by atoms with Crippen LogP contribution in [-0.2, 0) is 10.2 Å². The number of phenolic OH excluding ortho intramolecular Hbond substituents is 6. The van der Waals surface area contributed by atoms with E-state index in [0.29, 0.717) is 84.7 Å². The third-order valence-electron chi connectivity index (χ3n) is 27.8. The second-order valence-corrected chi connectivity index (χ2v) is 43.3. The smallest absolute Gasteiger partial charge is 0.337 e. The van der Waals surface area contributed by atoms with Crippen LogP contribution in [0.15, 0.2) is 115 Å². The van der Waals surface area contributed by atoms with Gasteiger partial charge in [0.25, 0.3) is 5.69 Å². The molecule has 17 nitrogen and oxygen atoms in total. The summed E-state index contributed by atoms with van der Waals surface area (Å²) in [6.07, 6.45) is 101. The Hall–Kier alpha value is -7.92. The maximum atomic E-state index is 11.4. The highest BCUT2D eigenvalue weighted by atomic mass is 35.5. The van der Waals surface area contributed by atoms with E-state index in [1.165, 1.54) is 462 Å². The molecule has 0 aliphatic carbocycles. The Kier molecular flexibility index (Phi) is 95.1. The lowest BCUT2D eigenvalue weighted by molar-refractivity contribution is -0.385. The van der Waals surface area contributed by atoms with Gasteiger partial charge < -0.3 is 63.8 Å². The summed E-state index contributed by atoms with van der Waals surface area (Å²) in [7, 11) is 1.32. The lowest BCUT2D eigenvalue weighted by atomic mass is 9.87. The average molecular weight is 2100 g/mol. The summed E-state index contributed by atoms with van der Waals surface area (Å²) in [5.74, 6) is 3.19. The molecule has 0 aliphatic rings. The lowest BCUT2D eigenvalue weighted by Gasteiger charge is -2.20. The minimum atomic E-state index is -0.533. The fourth-order valence-corrected chi connectivity index (χ4v) is 18.4. The monoisotopic (exact) mass is 2100 g/mol. The van der Waals surface area contributed by atoms with E-state index in [9.17, 15) is 45.5 Å². The fourth-order valence-electron chi connectivity index (χ4n) is 18.2. The van der Waals surface area contributed by atoms with Crippen LogP contribution >= 0.6 is 11.6 Å². The van der Waals surface area contributed by atoms with Crippen LogP contribution in [-0.4, -0.2) is 88.3 Å². The van der Waals surface area contributed by atoms with Crippen molar-refractivity contribution in [3.8, 4) is 69.0 Å². The van der Waals surface area contributed by atoms with Crippen LogP contribution in [0.5, 0.6) is 69.0 Å². The molecule has 0 unspecified atom stereocenters. The number of aromatic hydroxyl groups is 6. The number of unbranched alkanes of at least 4 members (excludes halogenated alkanes) is 70. The van der Waals surface area contributed by atoms with Crippen LogP contribution < -0.4 is 28.4 Å². The van der Waals surface area contributed by atoms with Crippen molar-refractivity contribution in [2.45, 2.75) is 563 Å². The average Bonchev–Trinajstić information content (AvgIpc) is 0.840. The lowest BCUT2D eigenvalue weighted by Crippen LogP contribution is -2.10. The predicted octanol–water partition coefficient (Wildman–Crippen LogP) is 42.3. The van der Waals surface area contributed by atoms with Gasteiger partial charge in [-0.1, -0.05) is 554 Å². The number of aryl methyl sites for hydroxylation is 1. The summed E-state index contributed by atoms with van der Waals surface area (Å²) in [5.41, 5.74) is 2.43. The van der Waals surface area contributed by atoms with Gasteiger partial charge in [0, 0.05) is 6.07 Å². The van der Waals surface area contributed by atoms with E-state index in [4.69, 9.17) is 40.0 Å². The number of halogens is 1. The largest absolute Gasteiger partial charge is 0.504 e. The number of phenols is 6. The second kappa shape index (κ2) is 102. The first-order valence-corrected chi connectivity index (χ1v) is 61.5. The van der Waals surface area contributed by atoms with Crippen molar-refractivity contribution in [1.82, 2.24) is 0 Å². The van der Waals surface area contributed by atoms with Crippen molar-refractivity contribution in [3.05, 3.63) is 147 Å². The summed E-state index contributed by atoms with van der Waals surface area (Å²) in [5, 5.41) is 69.9. The molecule has 854 valence electrons. The molecule has 0 amide bonds. The third-order valence-corrected chi connectivity index (χ3v) is 28.1. The zero-order valence-corrected chi connectivity index (χ0v) is 97.8. The van der Waals surface area contributed by atoms with E-state index < -0.39 is 10.9 Å². The number of carbonyl (C=O) groups excluding carboxylic acids is 1. The highest BCUT2D eigenvalue weighted by molar-refractivity contribution is 6.32. The Morgan fingerprint density at radius 3 is 0.752 bits per heavy atom. The van der Waals surface area contributed by atoms with E-state index in [2.05, 4.69) is 73.1 Å². The first kappa shape index (κ1) is 139. The minimum absolute atomic E-state index is 0.0214. The van der Waals surface area contributed by atoms with Crippen LogP contribution in [0, 0.1) is 17.0 Å². The molecular weight excluding hydrogens is 1880 g/mol. The molecule has 0 radical (unpaired) electrons. The van der Waals surface area contributed by atoms with E-state index in [0.717, 1.165) is 68.6 Å². The number of carbonyl (C=O) groups is 1. The molecule has 0 bridgehead atoms. The van der Waals surface area contributed by atoms with E-state index in [-0.39, 0.29) is 45.6 Å². The standard InChI is InChI=1S/C24H42O2.C22H37ClO2.C22H36O4.C22H38O2.C21H36O2.C20H33NO4/c1-5-6-7-8-9-10-11-12-13-14-15-16-19-26-23-18-17-21(20-22(23)25)24(2,3)4;1-2-3-4-5-6-7-8-9-10-11-12-13-14-15-19-25-22-20(23)17-16-18-21(22)24;1-3-4-5-6-7-8-9-10-11-12-13-14-17-26-21-16-15-19(18-20(21)23)22(24)25-2;1-2-3-4-5-6-7-8-9-10-11-12-13-14-17-20-24-22-19-16-15-18-21(22)23;1-3-4-5-6-7-8-9-10-11-12-13-14-17-23-21-16-15-19(2)18-20(21)22;1-2-3-4-5-6-7-8-9-10-11-12-13-16-25-20-15-14-18(21(23)24)17-19(20)22/h17-18,20,25H,5-16,19H2,1-4H3;16-18,24H,2-15,19H2,1H3;15-16,18,23H,3-14,17H2,1-2H3;15-16,18-19,23H,2-14,17,20H2,1H3;15-16,18,22H,3-14,17H2,1-2H3;14-15,17,22H,2-13,16H2,1H3. The number of methoxy groups -OCH3 is 1. The number of hydrogen-bond donors (Lipinski definition) is 6. The van der Waals surface area contributed by atoms with Gasteiger partial charge in [-0.25, -0.2) is 4.79 Å². The Bertz CT molecular complexity index is 3980.